The molecule has 0 saturated carbocycles. The molecule has 0 aliphatic rings. The Hall–Kier alpha value is -2.45. The van der Waals surface area contributed by atoms with Crippen LogP contribution in [-0.4, -0.2) is 38.8 Å². The highest BCUT2D eigenvalue weighted by Gasteiger charge is 2.38. The lowest BCUT2D eigenvalue weighted by molar-refractivity contribution is -0.173. The molecule has 1 rings (SSSR count). The third-order valence-corrected chi connectivity index (χ3v) is 2.53. The molecule has 0 aliphatic heterocycles. The topological polar surface area (TPSA) is 76.7 Å². The number of methoxy groups -OCH3 is 2. The number of halogens is 3. The highest BCUT2D eigenvalue weighted by atomic mass is 19.4. The first-order valence-electron chi connectivity index (χ1n) is 6.14. The summed E-state index contributed by atoms with van der Waals surface area (Å²) in [5, 5.41) is 4.08. The number of anilines is 1. The molecule has 0 fully saturated rings. The van der Waals surface area contributed by atoms with Crippen LogP contribution in [0.5, 0.6) is 11.5 Å². The van der Waals surface area contributed by atoms with E-state index in [2.05, 4.69) is 5.32 Å². The fraction of sp³-hybridized carbons (Fsp3) is 0.385. The van der Waals surface area contributed by atoms with E-state index in [9.17, 15) is 22.8 Å². The number of hydrogen-bond donors (Lipinski definition) is 2. The zero-order chi connectivity index (χ0) is 16.8. The maximum Gasteiger partial charge on any atom is 0.471 e. The Kier molecular flexibility index (Phi) is 6.02. The Balaban J connectivity index is 2.53. The first kappa shape index (κ1) is 17.6. The van der Waals surface area contributed by atoms with E-state index in [1.165, 1.54) is 26.4 Å². The number of hydrogen-bond acceptors (Lipinski definition) is 4. The molecule has 2 N–H and O–H groups in total. The molecule has 0 atom stereocenters. The standard InChI is InChI=1S/C13H15F3N2O4/c1-21-9-5-8(6-10(7-9)22-2)18-11(19)3-4-17-12(20)13(14,15)16/h5-7H,3-4H2,1-2H3,(H,17,20)(H,18,19). The SMILES string of the molecule is COc1cc(NC(=O)CCNC(=O)C(F)(F)F)cc(OC)c1. The summed E-state index contributed by atoms with van der Waals surface area (Å²) in [7, 11) is 2.88. The fourth-order valence-electron chi connectivity index (χ4n) is 1.49. The van der Waals surface area contributed by atoms with Gasteiger partial charge in [-0.1, -0.05) is 0 Å². The number of ether oxygens (including phenoxy) is 2. The van der Waals surface area contributed by atoms with Crippen LogP contribution in [0.4, 0.5) is 18.9 Å². The van der Waals surface area contributed by atoms with Crippen LogP contribution in [0.1, 0.15) is 6.42 Å². The number of carbonyl (C=O) groups excluding carboxylic acids is 2. The van der Waals surface area contributed by atoms with Gasteiger partial charge in [-0.2, -0.15) is 13.2 Å². The molecular weight excluding hydrogens is 305 g/mol. The van der Waals surface area contributed by atoms with Crippen LogP contribution < -0.4 is 20.1 Å². The van der Waals surface area contributed by atoms with E-state index in [1.54, 1.807) is 11.4 Å². The second-order valence-electron chi connectivity index (χ2n) is 4.15. The molecule has 0 unspecified atom stereocenters. The van der Waals surface area contributed by atoms with Crippen molar-refractivity contribution in [1.82, 2.24) is 5.32 Å². The van der Waals surface area contributed by atoms with Crippen molar-refractivity contribution in [2.75, 3.05) is 26.1 Å². The lowest BCUT2D eigenvalue weighted by Crippen LogP contribution is -2.38. The van der Waals surface area contributed by atoms with Gasteiger partial charge in [0, 0.05) is 36.9 Å². The molecule has 9 heteroatoms. The average Bonchev–Trinajstić information content (AvgIpc) is 2.45. The summed E-state index contributed by atoms with van der Waals surface area (Å²) in [6, 6.07) is 4.64. The fourth-order valence-corrected chi connectivity index (χ4v) is 1.49. The van der Waals surface area contributed by atoms with E-state index in [4.69, 9.17) is 9.47 Å². The Labute approximate surface area is 124 Å². The van der Waals surface area contributed by atoms with Crippen LogP contribution in [0.25, 0.3) is 0 Å². The van der Waals surface area contributed by atoms with Gasteiger partial charge in [0.2, 0.25) is 5.91 Å². The molecule has 22 heavy (non-hydrogen) atoms. The second-order valence-corrected chi connectivity index (χ2v) is 4.15. The Morgan fingerprint density at radius 2 is 1.64 bits per heavy atom. The minimum Gasteiger partial charge on any atom is -0.497 e. The van der Waals surface area contributed by atoms with Gasteiger partial charge in [0.15, 0.2) is 0 Å². The molecule has 0 heterocycles. The molecule has 1 aromatic carbocycles. The zero-order valence-electron chi connectivity index (χ0n) is 11.9. The van der Waals surface area contributed by atoms with Crippen LogP contribution in [-0.2, 0) is 9.59 Å². The molecule has 0 saturated heterocycles. The minimum atomic E-state index is -4.96. The van der Waals surface area contributed by atoms with Crippen LogP contribution in [0.15, 0.2) is 18.2 Å². The van der Waals surface area contributed by atoms with Gasteiger partial charge in [0.05, 0.1) is 14.2 Å². The number of amides is 2. The van der Waals surface area contributed by atoms with Gasteiger partial charge in [-0.15, -0.1) is 0 Å². The largest absolute Gasteiger partial charge is 0.497 e. The number of nitrogens with one attached hydrogen (secondary N) is 2. The van der Waals surface area contributed by atoms with Crippen LogP contribution in [0.2, 0.25) is 0 Å². The van der Waals surface area contributed by atoms with Crippen molar-refractivity contribution in [3.63, 3.8) is 0 Å². The van der Waals surface area contributed by atoms with E-state index in [-0.39, 0.29) is 6.42 Å². The third-order valence-electron chi connectivity index (χ3n) is 2.53. The summed E-state index contributed by atoms with van der Waals surface area (Å²) in [5.74, 6) is -1.75. The van der Waals surface area contributed by atoms with Gasteiger partial charge in [-0.25, -0.2) is 0 Å². The van der Waals surface area contributed by atoms with Gasteiger partial charge in [-0.3, -0.25) is 9.59 Å². The number of rotatable bonds is 6. The van der Waals surface area contributed by atoms with Crippen molar-refractivity contribution in [2.24, 2.45) is 0 Å². The lowest BCUT2D eigenvalue weighted by Gasteiger charge is -2.10. The van der Waals surface area contributed by atoms with E-state index in [0.717, 1.165) is 0 Å². The van der Waals surface area contributed by atoms with Gasteiger partial charge >= 0.3 is 12.1 Å². The van der Waals surface area contributed by atoms with Gasteiger partial charge in [0.1, 0.15) is 11.5 Å². The average molecular weight is 320 g/mol. The molecule has 1 aromatic rings. The maximum absolute atomic E-state index is 11.9. The van der Waals surface area contributed by atoms with E-state index < -0.39 is 24.5 Å². The molecule has 0 spiro atoms. The van der Waals surface area contributed by atoms with Gasteiger partial charge in [-0.05, 0) is 0 Å². The Bertz CT molecular complexity index is 524. The van der Waals surface area contributed by atoms with Gasteiger partial charge in [0.25, 0.3) is 0 Å². The molecule has 0 aromatic heterocycles. The van der Waals surface area contributed by atoms with Crippen LogP contribution in [0.3, 0.4) is 0 Å². The minimum absolute atomic E-state index is 0.304. The van der Waals surface area contributed by atoms with Gasteiger partial charge < -0.3 is 20.1 Å². The maximum atomic E-state index is 11.9. The van der Waals surface area contributed by atoms with E-state index >= 15 is 0 Å². The zero-order valence-corrected chi connectivity index (χ0v) is 11.9. The van der Waals surface area contributed by atoms with Crippen molar-refractivity contribution in [3.8, 4) is 11.5 Å². The monoisotopic (exact) mass is 320 g/mol. The van der Waals surface area contributed by atoms with E-state index in [1.807, 2.05) is 0 Å². The van der Waals surface area contributed by atoms with Crippen molar-refractivity contribution < 1.29 is 32.2 Å². The Morgan fingerprint density at radius 3 is 2.09 bits per heavy atom. The summed E-state index contributed by atoms with van der Waals surface area (Å²) in [4.78, 5) is 22.2. The summed E-state index contributed by atoms with van der Waals surface area (Å²) in [6.07, 6.45) is -5.27. The van der Waals surface area contributed by atoms with Crippen LogP contribution >= 0.6 is 0 Å². The molecular formula is C13H15F3N2O4. The summed E-state index contributed by atoms with van der Waals surface area (Å²) in [5.41, 5.74) is 0.364. The normalized spacial score (nSPS) is 10.8. The lowest BCUT2D eigenvalue weighted by atomic mass is 10.2. The molecule has 122 valence electrons. The highest BCUT2D eigenvalue weighted by molar-refractivity contribution is 5.91. The number of benzene rings is 1. The first-order valence-corrected chi connectivity index (χ1v) is 6.14. The summed E-state index contributed by atoms with van der Waals surface area (Å²) in [6.45, 7) is -0.425. The first-order chi connectivity index (χ1) is 10.3. The van der Waals surface area contributed by atoms with E-state index in [0.29, 0.717) is 17.2 Å². The molecule has 2 amide bonds. The molecule has 0 aliphatic carbocycles. The Morgan fingerprint density at radius 1 is 1.09 bits per heavy atom. The molecule has 0 bridgehead atoms. The quantitative estimate of drug-likeness (QED) is 0.836. The predicted octanol–water partition coefficient (Wildman–Crippen LogP) is 1.71. The highest BCUT2D eigenvalue weighted by Crippen LogP contribution is 2.25. The summed E-state index contributed by atoms with van der Waals surface area (Å²) < 4.78 is 45.9. The molecule has 0 radical (unpaired) electrons. The van der Waals surface area contributed by atoms with Crippen LogP contribution in [0, 0.1) is 0 Å². The smallest absolute Gasteiger partial charge is 0.471 e. The summed E-state index contributed by atoms with van der Waals surface area (Å²) >= 11 is 0. The third kappa shape index (κ3) is 5.51. The number of alkyl halides is 3. The number of carbonyl (C=O) groups is 2. The second kappa shape index (κ2) is 7.53. The van der Waals surface area contributed by atoms with Crippen molar-refractivity contribution in [1.29, 1.82) is 0 Å². The predicted molar refractivity (Wildman–Crippen MR) is 71.9 cm³/mol. The molecule has 6 nitrogen and oxygen atoms in total. The van der Waals surface area contributed by atoms with Crippen molar-refractivity contribution >= 4 is 17.5 Å². The van der Waals surface area contributed by atoms with Crippen molar-refractivity contribution in [2.45, 2.75) is 12.6 Å². The van der Waals surface area contributed by atoms with Crippen molar-refractivity contribution in [3.05, 3.63) is 18.2 Å².